The highest BCUT2D eigenvalue weighted by Gasteiger charge is 2.30. The van der Waals surface area contributed by atoms with Crippen molar-refractivity contribution in [3.63, 3.8) is 0 Å². The van der Waals surface area contributed by atoms with E-state index in [1.807, 2.05) is 18.2 Å². The van der Waals surface area contributed by atoms with E-state index in [1.54, 1.807) is 14.2 Å². The van der Waals surface area contributed by atoms with Crippen molar-refractivity contribution in [1.82, 2.24) is 0 Å². The van der Waals surface area contributed by atoms with Crippen LogP contribution in [0.4, 0.5) is 5.69 Å². The van der Waals surface area contributed by atoms with Crippen molar-refractivity contribution in [3.05, 3.63) is 18.2 Å². The van der Waals surface area contributed by atoms with Crippen LogP contribution in [0.1, 0.15) is 6.42 Å². The van der Waals surface area contributed by atoms with Crippen LogP contribution < -0.4 is 14.4 Å². The second kappa shape index (κ2) is 5.82. The van der Waals surface area contributed by atoms with E-state index in [-0.39, 0.29) is 11.9 Å². The van der Waals surface area contributed by atoms with Gasteiger partial charge in [0.2, 0.25) is 0 Å². The molecule has 1 unspecified atom stereocenters. The van der Waals surface area contributed by atoms with Crippen LogP contribution in [-0.2, 0) is 9.53 Å². The molecular formula is C14H19NO4. The molecule has 1 aliphatic heterocycles. The van der Waals surface area contributed by atoms with E-state index < -0.39 is 0 Å². The number of carbonyl (C=O) groups excluding carboxylic acids is 1. The van der Waals surface area contributed by atoms with Gasteiger partial charge in [0.1, 0.15) is 11.5 Å². The minimum atomic E-state index is -0.144. The summed E-state index contributed by atoms with van der Waals surface area (Å²) in [5, 5.41) is 0. The van der Waals surface area contributed by atoms with Gasteiger partial charge in [-0.3, -0.25) is 4.79 Å². The minimum absolute atomic E-state index is 0.0585. The zero-order valence-corrected chi connectivity index (χ0v) is 11.5. The summed E-state index contributed by atoms with van der Waals surface area (Å²) < 4.78 is 15.4. The van der Waals surface area contributed by atoms with Crippen molar-refractivity contribution >= 4 is 11.7 Å². The highest BCUT2D eigenvalue weighted by Crippen LogP contribution is 2.35. The maximum atomic E-state index is 11.5. The molecule has 2 rings (SSSR count). The molecule has 5 nitrogen and oxygen atoms in total. The first kappa shape index (κ1) is 13.5. The van der Waals surface area contributed by atoms with Crippen LogP contribution in [0.3, 0.4) is 0 Å². The van der Waals surface area contributed by atoms with E-state index in [4.69, 9.17) is 14.2 Å². The average molecular weight is 265 g/mol. The first-order valence-electron chi connectivity index (χ1n) is 6.24. The maximum absolute atomic E-state index is 11.5. The predicted molar refractivity (Wildman–Crippen MR) is 71.9 cm³/mol. The molecule has 0 aliphatic carbocycles. The third-order valence-electron chi connectivity index (χ3n) is 3.45. The molecule has 0 spiro atoms. The predicted octanol–water partition coefficient (Wildman–Crippen LogP) is 1.70. The molecule has 5 heteroatoms. The van der Waals surface area contributed by atoms with E-state index in [0.29, 0.717) is 6.54 Å². The van der Waals surface area contributed by atoms with Crippen molar-refractivity contribution in [1.29, 1.82) is 0 Å². The molecule has 0 saturated carbocycles. The Balaban J connectivity index is 2.17. The number of esters is 1. The normalized spacial score (nSPS) is 18.3. The Hall–Kier alpha value is -1.91. The van der Waals surface area contributed by atoms with Gasteiger partial charge < -0.3 is 19.1 Å². The van der Waals surface area contributed by atoms with Gasteiger partial charge in [0.05, 0.1) is 32.9 Å². The van der Waals surface area contributed by atoms with Crippen molar-refractivity contribution in [2.45, 2.75) is 6.42 Å². The van der Waals surface area contributed by atoms with Crippen molar-refractivity contribution in [2.75, 3.05) is 39.3 Å². The quantitative estimate of drug-likeness (QED) is 0.776. The Morgan fingerprint density at radius 3 is 2.68 bits per heavy atom. The van der Waals surface area contributed by atoms with E-state index >= 15 is 0 Å². The Kier molecular flexibility index (Phi) is 4.14. The number of ether oxygens (including phenoxy) is 3. The van der Waals surface area contributed by atoms with Gasteiger partial charge in [-0.2, -0.15) is 0 Å². The molecule has 0 bridgehead atoms. The Morgan fingerprint density at radius 2 is 2.05 bits per heavy atom. The summed E-state index contributed by atoms with van der Waals surface area (Å²) in [6.45, 7) is 1.48. The molecule has 19 heavy (non-hydrogen) atoms. The summed E-state index contributed by atoms with van der Waals surface area (Å²) in [6.07, 6.45) is 0.807. The van der Waals surface area contributed by atoms with Gasteiger partial charge in [-0.15, -0.1) is 0 Å². The lowest BCUT2D eigenvalue weighted by Crippen LogP contribution is -2.23. The van der Waals surface area contributed by atoms with E-state index in [0.717, 1.165) is 30.2 Å². The summed E-state index contributed by atoms with van der Waals surface area (Å²) in [5.41, 5.74) is 0.981. The summed E-state index contributed by atoms with van der Waals surface area (Å²) in [6, 6.07) is 5.70. The van der Waals surface area contributed by atoms with Gasteiger partial charge in [0.15, 0.2) is 0 Å². The SMILES string of the molecule is COC(=O)C1CCN(c2ccc(OC)cc2OC)C1. The number of rotatable bonds is 4. The third kappa shape index (κ3) is 2.75. The second-order valence-corrected chi connectivity index (χ2v) is 4.49. The van der Waals surface area contributed by atoms with Crippen LogP contribution in [0.2, 0.25) is 0 Å². The van der Waals surface area contributed by atoms with Crippen LogP contribution in [0.25, 0.3) is 0 Å². The zero-order chi connectivity index (χ0) is 13.8. The van der Waals surface area contributed by atoms with E-state index in [1.165, 1.54) is 7.11 Å². The molecule has 1 aromatic carbocycles. The summed E-state index contributed by atoms with van der Waals surface area (Å²) in [7, 11) is 4.68. The van der Waals surface area contributed by atoms with Gasteiger partial charge in [0, 0.05) is 19.2 Å². The summed E-state index contributed by atoms with van der Waals surface area (Å²) in [4.78, 5) is 13.7. The Morgan fingerprint density at radius 1 is 1.26 bits per heavy atom. The van der Waals surface area contributed by atoms with Crippen molar-refractivity contribution in [3.8, 4) is 11.5 Å². The van der Waals surface area contributed by atoms with Crippen LogP contribution in [0, 0.1) is 5.92 Å². The number of methoxy groups -OCH3 is 3. The molecule has 1 aliphatic rings. The Bertz CT molecular complexity index is 461. The first-order valence-corrected chi connectivity index (χ1v) is 6.24. The topological polar surface area (TPSA) is 48.0 Å². The minimum Gasteiger partial charge on any atom is -0.497 e. The largest absolute Gasteiger partial charge is 0.497 e. The highest BCUT2D eigenvalue weighted by molar-refractivity contribution is 5.74. The van der Waals surface area contributed by atoms with Gasteiger partial charge in [-0.05, 0) is 18.6 Å². The fraction of sp³-hybridized carbons (Fsp3) is 0.500. The number of hydrogen-bond donors (Lipinski definition) is 0. The maximum Gasteiger partial charge on any atom is 0.310 e. The van der Waals surface area contributed by atoms with Crippen LogP contribution in [0.15, 0.2) is 18.2 Å². The first-order chi connectivity index (χ1) is 9.19. The molecule has 0 aromatic heterocycles. The molecule has 0 radical (unpaired) electrons. The molecule has 1 saturated heterocycles. The number of anilines is 1. The number of benzene rings is 1. The standard InChI is InChI=1S/C14H19NO4/c1-17-11-4-5-12(13(8-11)18-2)15-7-6-10(9-15)14(16)19-3/h4-5,8,10H,6-7,9H2,1-3H3. The lowest BCUT2D eigenvalue weighted by molar-refractivity contribution is -0.144. The fourth-order valence-corrected chi connectivity index (χ4v) is 2.38. The van der Waals surface area contributed by atoms with E-state index in [2.05, 4.69) is 4.90 Å². The van der Waals surface area contributed by atoms with E-state index in [9.17, 15) is 4.79 Å². The zero-order valence-electron chi connectivity index (χ0n) is 11.5. The van der Waals surface area contributed by atoms with Crippen molar-refractivity contribution < 1.29 is 19.0 Å². The van der Waals surface area contributed by atoms with Crippen LogP contribution in [0.5, 0.6) is 11.5 Å². The monoisotopic (exact) mass is 265 g/mol. The molecule has 1 fully saturated rings. The van der Waals surface area contributed by atoms with Crippen molar-refractivity contribution in [2.24, 2.45) is 5.92 Å². The smallest absolute Gasteiger partial charge is 0.310 e. The van der Waals surface area contributed by atoms with Gasteiger partial charge >= 0.3 is 5.97 Å². The molecule has 1 aromatic rings. The molecule has 0 N–H and O–H groups in total. The number of nitrogens with zero attached hydrogens (tertiary/aromatic N) is 1. The second-order valence-electron chi connectivity index (χ2n) is 4.49. The highest BCUT2D eigenvalue weighted by atomic mass is 16.5. The number of carbonyl (C=O) groups is 1. The molecule has 1 heterocycles. The van der Waals surface area contributed by atoms with Crippen LogP contribution in [-0.4, -0.2) is 40.4 Å². The lowest BCUT2D eigenvalue weighted by Gasteiger charge is -2.21. The third-order valence-corrected chi connectivity index (χ3v) is 3.45. The molecule has 104 valence electrons. The molecule has 1 atom stereocenters. The average Bonchev–Trinajstić information content (AvgIpc) is 2.95. The van der Waals surface area contributed by atoms with Gasteiger partial charge in [-0.1, -0.05) is 0 Å². The summed E-state index contributed by atoms with van der Waals surface area (Å²) >= 11 is 0. The van der Waals surface area contributed by atoms with Gasteiger partial charge in [0.25, 0.3) is 0 Å². The van der Waals surface area contributed by atoms with Gasteiger partial charge in [-0.25, -0.2) is 0 Å². The lowest BCUT2D eigenvalue weighted by atomic mass is 10.1. The number of hydrogen-bond acceptors (Lipinski definition) is 5. The summed E-state index contributed by atoms with van der Waals surface area (Å²) in [5.74, 6) is 1.31. The molecule has 0 amide bonds. The van der Waals surface area contributed by atoms with Crippen LogP contribution >= 0.6 is 0 Å². The molecular weight excluding hydrogens is 246 g/mol. The fourth-order valence-electron chi connectivity index (χ4n) is 2.38. The Labute approximate surface area is 113 Å².